The summed E-state index contributed by atoms with van der Waals surface area (Å²) < 4.78 is 5.29. The van der Waals surface area contributed by atoms with E-state index in [-0.39, 0.29) is 0 Å². The maximum atomic E-state index is 5.29. The van der Waals surface area contributed by atoms with Gasteiger partial charge in [0.05, 0.1) is 5.76 Å². The zero-order valence-electron chi connectivity index (χ0n) is 8.75. The standard InChI is InChI=1S/C12H20O/c1-4-6-7-8-9-10-12(3)13-11-5-2/h5,8-10H,2,4,6-7,11H2,1,3H3/b9-8+,12-10+. The minimum absolute atomic E-state index is 0.588. The van der Waals surface area contributed by atoms with Crippen LogP contribution in [0.25, 0.3) is 0 Å². The summed E-state index contributed by atoms with van der Waals surface area (Å²) in [5.41, 5.74) is 0. The molecule has 0 rings (SSSR count). The molecule has 0 saturated heterocycles. The van der Waals surface area contributed by atoms with Gasteiger partial charge in [0, 0.05) is 0 Å². The lowest BCUT2D eigenvalue weighted by Gasteiger charge is -1.99. The van der Waals surface area contributed by atoms with Gasteiger partial charge in [0.1, 0.15) is 6.61 Å². The summed E-state index contributed by atoms with van der Waals surface area (Å²) in [5, 5.41) is 0. The Bertz CT molecular complexity index is 178. The summed E-state index contributed by atoms with van der Waals surface area (Å²) >= 11 is 0. The fraction of sp³-hybridized carbons (Fsp3) is 0.500. The molecule has 74 valence electrons. The summed E-state index contributed by atoms with van der Waals surface area (Å²) in [7, 11) is 0. The van der Waals surface area contributed by atoms with Crippen molar-refractivity contribution in [1.82, 2.24) is 0 Å². The molecule has 0 aromatic rings. The summed E-state index contributed by atoms with van der Waals surface area (Å²) in [4.78, 5) is 0. The molecule has 0 radical (unpaired) electrons. The maximum Gasteiger partial charge on any atom is 0.106 e. The zero-order chi connectivity index (χ0) is 9.94. The van der Waals surface area contributed by atoms with Crippen LogP contribution in [0.1, 0.15) is 33.1 Å². The molecular formula is C12H20O. The van der Waals surface area contributed by atoms with Crippen molar-refractivity contribution in [3.05, 3.63) is 36.6 Å². The Hall–Kier alpha value is -0.980. The molecule has 0 bridgehead atoms. The second-order valence-corrected chi connectivity index (χ2v) is 2.95. The van der Waals surface area contributed by atoms with E-state index in [1.54, 1.807) is 6.08 Å². The largest absolute Gasteiger partial charge is 0.494 e. The lowest BCUT2D eigenvalue weighted by Crippen LogP contribution is -1.86. The van der Waals surface area contributed by atoms with Crippen LogP contribution in [-0.4, -0.2) is 6.61 Å². The quantitative estimate of drug-likeness (QED) is 0.250. The van der Waals surface area contributed by atoms with E-state index in [2.05, 4.69) is 19.6 Å². The first-order valence-corrected chi connectivity index (χ1v) is 4.88. The average Bonchev–Trinajstić information content (AvgIpc) is 2.14. The Morgan fingerprint density at radius 2 is 2.23 bits per heavy atom. The number of hydrogen-bond acceptors (Lipinski definition) is 1. The molecule has 0 aromatic heterocycles. The van der Waals surface area contributed by atoms with Crippen molar-refractivity contribution in [2.75, 3.05) is 6.61 Å². The molecule has 0 unspecified atom stereocenters. The molecule has 0 N–H and O–H groups in total. The zero-order valence-corrected chi connectivity index (χ0v) is 8.75. The number of allylic oxidation sites excluding steroid dienone is 4. The monoisotopic (exact) mass is 180 g/mol. The minimum atomic E-state index is 0.588. The van der Waals surface area contributed by atoms with Gasteiger partial charge in [-0.15, -0.1) is 0 Å². The highest BCUT2D eigenvalue weighted by molar-refractivity contribution is 5.05. The van der Waals surface area contributed by atoms with E-state index < -0.39 is 0 Å². The van der Waals surface area contributed by atoms with Gasteiger partial charge in [0.25, 0.3) is 0 Å². The van der Waals surface area contributed by atoms with Gasteiger partial charge in [-0.25, -0.2) is 0 Å². The molecule has 0 fully saturated rings. The minimum Gasteiger partial charge on any atom is -0.494 e. The van der Waals surface area contributed by atoms with Crippen molar-refractivity contribution in [3.63, 3.8) is 0 Å². The highest BCUT2D eigenvalue weighted by Crippen LogP contribution is 1.98. The Labute approximate surface area is 81.8 Å². The summed E-state index contributed by atoms with van der Waals surface area (Å²) in [6.07, 6.45) is 11.6. The second kappa shape index (κ2) is 9.11. The summed E-state index contributed by atoms with van der Waals surface area (Å²) in [5.74, 6) is 0.938. The van der Waals surface area contributed by atoms with Crippen molar-refractivity contribution in [3.8, 4) is 0 Å². The molecule has 0 aliphatic rings. The van der Waals surface area contributed by atoms with E-state index in [1.807, 2.05) is 19.1 Å². The van der Waals surface area contributed by atoms with E-state index >= 15 is 0 Å². The molecule has 1 nitrogen and oxygen atoms in total. The van der Waals surface area contributed by atoms with Crippen LogP contribution in [0.2, 0.25) is 0 Å². The SMILES string of the molecule is C=CCO/C(C)=C/C=C/CCCC. The molecule has 0 aliphatic heterocycles. The van der Waals surface area contributed by atoms with Crippen LogP contribution < -0.4 is 0 Å². The van der Waals surface area contributed by atoms with E-state index in [0.717, 1.165) is 12.2 Å². The van der Waals surface area contributed by atoms with E-state index in [1.165, 1.54) is 12.8 Å². The molecule has 0 aromatic carbocycles. The molecule has 0 spiro atoms. The average molecular weight is 180 g/mol. The molecule has 13 heavy (non-hydrogen) atoms. The van der Waals surface area contributed by atoms with Crippen LogP contribution in [0.4, 0.5) is 0 Å². The predicted octanol–water partition coefficient (Wildman–Crippen LogP) is 3.84. The smallest absolute Gasteiger partial charge is 0.106 e. The van der Waals surface area contributed by atoms with E-state index in [4.69, 9.17) is 4.74 Å². The van der Waals surface area contributed by atoms with Crippen LogP contribution in [0.3, 0.4) is 0 Å². The van der Waals surface area contributed by atoms with E-state index in [9.17, 15) is 0 Å². The van der Waals surface area contributed by atoms with Crippen LogP contribution in [0, 0.1) is 0 Å². The van der Waals surface area contributed by atoms with Crippen LogP contribution >= 0.6 is 0 Å². The van der Waals surface area contributed by atoms with Gasteiger partial charge in [0.2, 0.25) is 0 Å². The highest BCUT2D eigenvalue weighted by atomic mass is 16.5. The first-order chi connectivity index (χ1) is 6.31. The third-order valence-corrected chi connectivity index (χ3v) is 1.62. The van der Waals surface area contributed by atoms with Crippen molar-refractivity contribution < 1.29 is 4.74 Å². The number of ether oxygens (including phenoxy) is 1. The number of unbranched alkanes of at least 4 members (excludes halogenated alkanes) is 2. The van der Waals surface area contributed by atoms with Gasteiger partial charge in [0.15, 0.2) is 0 Å². The van der Waals surface area contributed by atoms with Gasteiger partial charge in [-0.3, -0.25) is 0 Å². The third-order valence-electron chi connectivity index (χ3n) is 1.62. The van der Waals surface area contributed by atoms with Gasteiger partial charge < -0.3 is 4.74 Å². The lowest BCUT2D eigenvalue weighted by molar-refractivity contribution is 0.250. The molecule has 1 heteroatoms. The molecule has 0 saturated carbocycles. The fourth-order valence-corrected chi connectivity index (χ4v) is 0.860. The molecule has 0 atom stereocenters. The first kappa shape index (κ1) is 12.0. The Morgan fingerprint density at radius 1 is 1.46 bits per heavy atom. The van der Waals surface area contributed by atoms with Crippen LogP contribution in [0.15, 0.2) is 36.6 Å². The molecule has 0 aliphatic carbocycles. The van der Waals surface area contributed by atoms with Crippen LogP contribution in [-0.2, 0) is 4.74 Å². The van der Waals surface area contributed by atoms with Gasteiger partial charge in [-0.2, -0.15) is 0 Å². The Kier molecular flexibility index (Phi) is 8.42. The fourth-order valence-electron chi connectivity index (χ4n) is 0.860. The van der Waals surface area contributed by atoms with Gasteiger partial charge in [-0.05, 0) is 19.4 Å². The van der Waals surface area contributed by atoms with Gasteiger partial charge in [-0.1, -0.05) is 44.6 Å². The highest BCUT2D eigenvalue weighted by Gasteiger charge is 1.83. The second-order valence-electron chi connectivity index (χ2n) is 2.95. The predicted molar refractivity (Wildman–Crippen MR) is 58.6 cm³/mol. The Morgan fingerprint density at radius 3 is 2.85 bits per heavy atom. The van der Waals surface area contributed by atoms with Crippen molar-refractivity contribution in [2.45, 2.75) is 33.1 Å². The molecular weight excluding hydrogens is 160 g/mol. The van der Waals surface area contributed by atoms with Gasteiger partial charge >= 0.3 is 0 Å². The van der Waals surface area contributed by atoms with E-state index in [0.29, 0.717) is 6.61 Å². The van der Waals surface area contributed by atoms with Crippen molar-refractivity contribution >= 4 is 0 Å². The van der Waals surface area contributed by atoms with Crippen molar-refractivity contribution in [1.29, 1.82) is 0 Å². The maximum absolute atomic E-state index is 5.29. The summed E-state index contributed by atoms with van der Waals surface area (Å²) in [6.45, 7) is 8.32. The normalized spacial score (nSPS) is 12.0. The van der Waals surface area contributed by atoms with Crippen molar-refractivity contribution in [2.24, 2.45) is 0 Å². The number of hydrogen-bond donors (Lipinski definition) is 0. The Balaban J connectivity index is 3.55. The third kappa shape index (κ3) is 8.93. The topological polar surface area (TPSA) is 9.23 Å². The summed E-state index contributed by atoms with van der Waals surface area (Å²) in [6, 6.07) is 0. The first-order valence-electron chi connectivity index (χ1n) is 4.88. The van der Waals surface area contributed by atoms with Crippen LogP contribution in [0.5, 0.6) is 0 Å². The molecule has 0 amide bonds. The number of rotatable bonds is 7. The lowest BCUT2D eigenvalue weighted by atomic mass is 10.2. The molecule has 0 heterocycles.